The molecule has 152 valence electrons. The summed E-state index contributed by atoms with van der Waals surface area (Å²) in [7, 11) is 0. The summed E-state index contributed by atoms with van der Waals surface area (Å²) < 4.78 is 9.14. The predicted octanol–water partition coefficient (Wildman–Crippen LogP) is 5.85. The fourth-order valence-corrected chi connectivity index (χ4v) is 4.70. The molecule has 1 aromatic heterocycles. The van der Waals surface area contributed by atoms with E-state index in [1.807, 2.05) is 49.4 Å². The number of halogens is 1. The van der Waals surface area contributed by atoms with Crippen LogP contribution in [-0.4, -0.2) is 38.2 Å². The van der Waals surface area contributed by atoms with Crippen molar-refractivity contribution in [2.75, 3.05) is 6.54 Å². The molecule has 2 atom stereocenters. The second-order valence-electron chi connectivity index (χ2n) is 8.50. The van der Waals surface area contributed by atoms with Gasteiger partial charge in [-0.1, -0.05) is 39.0 Å². The molecule has 1 N–H and O–H groups in total. The Bertz CT molecular complexity index is 1070. The second kappa shape index (κ2) is 7.06. The second-order valence-corrected chi connectivity index (χ2v) is 9.36. The molecule has 6 nitrogen and oxygen atoms in total. The number of aromatic nitrogens is 2. The molecule has 29 heavy (non-hydrogen) atoms. The van der Waals surface area contributed by atoms with Crippen LogP contribution in [0.4, 0.5) is 4.79 Å². The zero-order chi connectivity index (χ0) is 20.9. The molecular formula is C22H24BrN3O3. The molecular weight excluding hydrogens is 434 g/mol. The zero-order valence-electron chi connectivity index (χ0n) is 16.9. The molecule has 0 aliphatic carbocycles. The van der Waals surface area contributed by atoms with Crippen LogP contribution < -0.4 is 4.74 Å². The van der Waals surface area contributed by atoms with Gasteiger partial charge in [-0.3, -0.25) is 0 Å². The Morgan fingerprint density at radius 3 is 2.52 bits per heavy atom. The highest BCUT2D eigenvalue weighted by Gasteiger charge is 2.50. The fraction of sp³-hybridized carbons (Fsp3) is 0.364. The average Bonchev–Trinajstić information content (AvgIpc) is 2.92. The van der Waals surface area contributed by atoms with Gasteiger partial charge in [-0.25, -0.2) is 9.78 Å². The number of rotatable bonds is 3. The molecule has 1 amide bonds. The van der Waals surface area contributed by atoms with Crippen LogP contribution in [0.25, 0.3) is 11.0 Å². The number of amides is 1. The summed E-state index contributed by atoms with van der Waals surface area (Å²) in [5.41, 5.74) is 1.52. The minimum Gasteiger partial charge on any atom is -0.465 e. The minimum absolute atomic E-state index is 0.0295. The number of likely N-dealkylation sites (tertiary alicyclic amines) is 1. The van der Waals surface area contributed by atoms with E-state index in [1.165, 1.54) is 4.90 Å². The molecule has 1 fully saturated rings. The summed E-state index contributed by atoms with van der Waals surface area (Å²) in [6.07, 6.45) is -0.876. The van der Waals surface area contributed by atoms with Gasteiger partial charge in [0, 0.05) is 6.54 Å². The van der Waals surface area contributed by atoms with Crippen molar-refractivity contribution in [1.29, 1.82) is 0 Å². The normalized spacial score (nSPS) is 19.3. The molecule has 0 radical (unpaired) electrons. The van der Waals surface area contributed by atoms with Gasteiger partial charge in [0.25, 0.3) is 0 Å². The summed E-state index contributed by atoms with van der Waals surface area (Å²) in [6, 6.07) is 13.5. The van der Waals surface area contributed by atoms with Gasteiger partial charge in [0.15, 0.2) is 5.75 Å². The lowest BCUT2D eigenvalue weighted by atomic mass is 9.76. The van der Waals surface area contributed by atoms with Crippen molar-refractivity contribution in [1.82, 2.24) is 14.5 Å². The van der Waals surface area contributed by atoms with Crippen molar-refractivity contribution in [3.8, 4) is 11.5 Å². The Morgan fingerprint density at radius 2 is 1.90 bits per heavy atom. The van der Waals surface area contributed by atoms with Crippen molar-refractivity contribution in [2.24, 2.45) is 5.41 Å². The number of aryl methyl sites for hydroxylation is 1. The van der Waals surface area contributed by atoms with Crippen molar-refractivity contribution in [3.63, 3.8) is 0 Å². The molecule has 2 heterocycles. The number of imidazole rings is 1. The van der Waals surface area contributed by atoms with Crippen LogP contribution in [0.2, 0.25) is 0 Å². The first-order valence-electron chi connectivity index (χ1n) is 9.58. The van der Waals surface area contributed by atoms with E-state index in [2.05, 4.69) is 41.3 Å². The molecule has 2 aromatic carbocycles. The van der Waals surface area contributed by atoms with E-state index in [0.717, 1.165) is 27.1 Å². The van der Waals surface area contributed by atoms with E-state index >= 15 is 0 Å². The molecule has 0 saturated carbocycles. The Labute approximate surface area is 178 Å². The van der Waals surface area contributed by atoms with Crippen LogP contribution in [0.15, 0.2) is 46.9 Å². The van der Waals surface area contributed by atoms with E-state index in [9.17, 15) is 9.90 Å². The third-order valence-electron chi connectivity index (χ3n) is 5.46. The zero-order valence-corrected chi connectivity index (χ0v) is 18.5. The summed E-state index contributed by atoms with van der Waals surface area (Å²) in [5, 5.41) is 9.58. The Kier molecular flexibility index (Phi) is 4.81. The number of fused-ring (bicyclic) bond motifs is 1. The van der Waals surface area contributed by atoms with Crippen LogP contribution >= 0.6 is 15.9 Å². The number of carboxylic acid groups (broad SMARTS) is 1. The van der Waals surface area contributed by atoms with E-state index in [-0.39, 0.29) is 17.5 Å². The number of benzene rings is 2. The van der Waals surface area contributed by atoms with Crippen molar-refractivity contribution >= 4 is 33.1 Å². The Hall–Kier alpha value is -2.54. The largest absolute Gasteiger partial charge is 0.465 e. The van der Waals surface area contributed by atoms with Crippen LogP contribution in [0.3, 0.4) is 0 Å². The lowest BCUT2D eigenvalue weighted by Crippen LogP contribution is -2.63. The molecule has 0 spiro atoms. The van der Waals surface area contributed by atoms with Crippen LogP contribution in [0.1, 0.15) is 32.6 Å². The summed E-state index contributed by atoms with van der Waals surface area (Å²) >= 11 is 3.59. The van der Waals surface area contributed by atoms with Gasteiger partial charge in [-0.15, -0.1) is 0 Å². The number of nitrogens with zero attached hydrogens (tertiary/aromatic N) is 3. The third kappa shape index (κ3) is 3.37. The number of hydrogen-bond donors (Lipinski definition) is 1. The third-order valence-corrected chi connectivity index (χ3v) is 6.08. The maximum atomic E-state index is 11.7. The lowest BCUT2D eigenvalue weighted by Gasteiger charge is -2.53. The van der Waals surface area contributed by atoms with Crippen molar-refractivity contribution < 1.29 is 14.6 Å². The van der Waals surface area contributed by atoms with Crippen molar-refractivity contribution in [3.05, 3.63) is 52.8 Å². The quantitative estimate of drug-likeness (QED) is 0.535. The molecule has 0 bridgehead atoms. The molecule has 4 rings (SSSR count). The summed E-state index contributed by atoms with van der Waals surface area (Å²) in [4.78, 5) is 18.0. The monoisotopic (exact) mass is 457 g/mol. The van der Waals surface area contributed by atoms with Gasteiger partial charge in [-0.05, 0) is 52.5 Å². The number of carbonyl (C=O) groups is 1. The van der Waals surface area contributed by atoms with Gasteiger partial charge >= 0.3 is 6.09 Å². The summed E-state index contributed by atoms with van der Waals surface area (Å²) in [5.74, 6) is 2.25. The highest BCUT2D eigenvalue weighted by Crippen LogP contribution is 2.45. The first kappa shape index (κ1) is 19.8. The molecule has 2 unspecified atom stereocenters. The molecule has 1 aliphatic heterocycles. The van der Waals surface area contributed by atoms with Gasteiger partial charge < -0.3 is 19.3 Å². The van der Waals surface area contributed by atoms with E-state index in [4.69, 9.17) is 9.72 Å². The number of ether oxygens (including phenoxy) is 1. The van der Waals surface area contributed by atoms with Crippen LogP contribution in [0, 0.1) is 12.3 Å². The van der Waals surface area contributed by atoms with Crippen molar-refractivity contribution in [2.45, 2.75) is 39.8 Å². The molecule has 3 aromatic rings. The van der Waals surface area contributed by atoms with Gasteiger partial charge in [-0.2, -0.15) is 0 Å². The SMILES string of the molecule is Cc1nc2c(Oc3ccccc3)c(Br)ccc2n1C1CN(C(=O)O)C1C(C)(C)C. The maximum absolute atomic E-state index is 11.7. The predicted molar refractivity (Wildman–Crippen MR) is 116 cm³/mol. The van der Waals surface area contributed by atoms with E-state index in [0.29, 0.717) is 12.3 Å². The fourth-order valence-electron chi connectivity index (χ4n) is 4.30. The minimum atomic E-state index is -0.876. The average molecular weight is 458 g/mol. The molecule has 1 saturated heterocycles. The first-order chi connectivity index (χ1) is 13.7. The lowest BCUT2D eigenvalue weighted by molar-refractivity contribution is -0.0267. The molecule has 1 aliphatic rings. The number of hydrogen-bond acceptors (Lipinski definition) is 3. The summed E-state index contributed by atoms with van der Waals surface area (Å²) in [6.45, 7) is 8.65. The van der Waals surface area contributed by atoms with E-state index < -0.39 is 6.09 Å². The first-order valence-corrected chi connectivity index (χ1v) is 10.4. The van der Waals surface area contributed by atoms with Gasteiger partial charge in [0.2, 0.25) is 0 Å². The van der Waals surface area contributed by atoms with Crippen LogP contribution in [0.5, 0.6) is 11.5 Å². The van der Waals surface area contributed by atoms with Gasteiger partial charge in [0.1, 0.15) is 17.1 Å². The highest BCUT2D eigenvalue weighted by atomic mass is 79.9. The Morgan fingerprint density at radius 1 is 1.21 bits per heavy atom. The Balaban J connectivity index is 1.80. The highest BCUT2D eigenvalue weighted by molar-refractivity contribution is 9.10. The standard InChI is InChI=1S/C22H24BrN3O3/c1-13-24-18-16(11-10-15(23)19(18)29-14-8-6-5-7-9-14)26(13)17-12-25(21(27)28)20(17)22(2,3)4/h5-11,17,20H,12H2,1-4H3,(H,27,28). The number of para-hydroxylation sites is 1. The smallest absolute Gasteiger partial charge is 0.407 e. The van der Waals surface area contributed by atoms with Crippen LogP contribution in [-0.2, 0) is 0 Å². The maximum Gasteiger partial charge on any atom is 0.407 e. The van der Waals surface area contributed by atoms with Gasteiger partial charge in [0.05, 0.1) is 22.1 Å². The van der Waals surface area contributed by atoms with E-state index in [1.54, 1.807) is 0 Å². The topological polar surface area (TPSA) is 67.6 Å². The molecule has 7 heteroatoms.